The van der Waals surface area contributed by atoms with Crippen LogP contribution >= 0.6 is 22.6 Å². The summed E-state index contributed by atoms with van der Waals surface area (Å²) in [5.74, 6) is 0.934. The Balaban J connectivity index is 2.12. The van der Waals surface area contributed by atoms with Crippen LogP contribution in [0, 0.1) is 8.99 Å². The monoisotopic (exact) mass is 373 g/mol. The first-order chi connectivity index (χ1) is 8.93. The number of piperidine rings is 1. The van der Waals surface area contributed by atoms with Gasteiger partial charge in [-0.25, -0.2) is 0 Å². The lowest BCUT2D eigenvalue weighted by Crippen LogP contribution is -2.41. The third-order valence-corrected chi connectivity index (χ3v) is 4.70. The number of hydrogen-bond donors (Lipinski definition) is 0. The molecule has 0 radical (unpaired) electrons. The van der Waals surface area contributed by atoms with Gasteiger partial charge in [0, 0.05) is 16.7 Å². The highest BCUT2D eigenvalue weighted by molar-refractivity contribution is 14.1. The summed E-state index contributed by atoms with van der Waals surface area (Å²) in [6, 6.07) is 5.62. The Morgan fingerprint density at radius 2 is 1.95 bits per heavy atom. The van der Waals surface area contributed by atoms with Crippen LogP contribution in [-0.4, -0.2) is 31.0 Å². The van der Waals surface area contributed by atoms with E-state index in [1.54, 1.807) is 7.11 Å². The maximum atomic E-state index is 12.5. The van der Waals surface area contributed by atoms with Crippen molar-refractivity contribution in [2.24, 2.45) is 5.41 Å². The van der Waals surface area contributed by atoms with E-state index < -0.39 is 0 Å². The smallest absolute Gasteiger partial charge is 0.254 e. The maximum absolute atomic E-state index is 12.5. The Labute approximate surface area is 128 Å². The highest BCUT2D eigenvalue weighted by Gasteiger charge is 2.28. The molecule has 0 aliphatic carbocycles. The average molecular weight is 373 g/mol. The number of methoxy groups -OCH3 is 1. The van der Waals surface area contributed by atoms with E-state index in [-0.39, 0.29) is 5.91 Å². The molecule has 0 unspecified atom stereocenters. The van der Waals surface area contributed by atoms with E-state index in [2.05, 4.69) is 36.4 Å². The lowest BCUT2D eigenvalue weighted by molar-refractivity contribution is 0.0629. The second-order valence-corrected chi connectivity index (χ2v) is 6.96. The highest BCUT2D eigenvalue weighted by atomic mass is 127. The number of carbonyl (C=O) groups excluding carboxylic acids is 1. The van der Waals surface area contributed by atoms with Crippen LogP contribution in [0.2, 0.25) is 0 Å². The van der Waals surface area contributed by atoms with Crippen molar-refractivity contribution in [2.45, 2.75) is 26.7 Å². The van der Waals surface area contributed by atoms with Crippen molar-refractivity contribution >= 4 is 28.5 Å². The van der Waals surface area contributed by atoms with Crippen LogP contribution in [0.15, 0.2) is 18.2 Å². The fraction of sp³-hybridized carbons (Fsp3) is 0.533. The highest BCUT2D eigenvalue weighted by Crippen LogP contribution is 2.31. The number of hydrogen-bond acceptors (Lipinski definition) is 2. The molecule has 104 valence electrons. The zero-order valence-electron chi connectivity index (χ0n) is 11.7. The number of nitrogens with zero attached hydrogens (tertiary/aromatic N) is 1. The Bertz CT molecular complexity index is 475. The predicted molar refractivity (Wildman–Crippen MR) is 84.6 cm³/mol. The van der Waals surface area contributed by atoms with E-state index in [9.17, 15) is 4.79 Å². The summed E-state index contributed by atoms with van der Waals surface area (Å²) in [4.78, 5) is 14.5. The van der Waals surface area contributed by atoms with Crippen LogP contribution in [0.4, 0.5) is 0 Å². The fourth-order valence-electron chi connectivity index (χ4n) is 2.28. The van der Waals surface area contributed by atoms with Gasteiger partial charge in [0.05, 0.1) is 12.7 Å². The summed E-state index contributed by atoms with van der Waals surface area (Å²) in [5, 5.41) is 0. The van der Waals surface area contributed by atoms with Gasteiger partial charge in [-0.15, -0.1) is 0 Å². The minimum absolute atomic E-state index is 0.141. The summed E-state index contributed by atoms with van der Waals surface area (Å²) in [6.45, 7) is 6.25. The van der Waals surface area contributed by atoms with Gasteiger partial charge in [0.25, 0.3) is 5.91 Å². The molecule has 1 amide bonds. The van der Waals surface area contributed by atoms with E-state index in [1.165, 1.54) is 0 Å². The van der Waals surface area contributed by atoms with E-state index in [4.69, 9.17) is 4.74 Å². The van der Waals surface area contributed by atoms with Crippen molar-refractivity contribution in [3.05, 3.63) is 27.3 Å². The van der Waals surface area contributed by atoms with Crippen molar-refractivity contribution in [3.63, 3.8) is 0 Å². The number of benzene rings is 1. The molecule has 0 bridgehead atoms. The third kappa shape index (κ3) is 3.41. The van der Waals surface area contributed by atoms with Crippen molar-refractivity contribution in [2.75, 3.05) is 20.2 Å². The molecule has 1 aromatic rings. The molecule has 1 fully saturated rings. The van der Waals surface area contributed by atoms with Crippen LogP contribution in [0.3, 0.4) is 0 Å². The van der Waals surface area contributed by atoms with E-state index in [1.807, 2.05) is 23.1 Å². The summed E-state index contributed by atoms with van der Waals surface area (Å²) in [6.07, 6.45) is 2.15. The molecule has 3 nitrogen and oxygen atoms in total. The normalized spacial score (nSPS) is 18.2. The van der Waals surface area contributed by atoms with E-state index >= 15 is 0 Å². The molecule has 0 atom stereocenters. The molecule has 0 spiro atoms. The molecule has 0 N–H and O–H groups in total. The Morgan fingerprint density at radius 1 is 1.32 bits per heavy atom. The first-order valence-electron chi connectivity index (χ1n) is 6.56. The topological polar surface area (TPSA) is 29.5 Å². The molecular formula is C15H20INO2. The second-order valence-electron chi connectivity index (χ2n) is 5.80. The van der Waals surface area contributed by atoms with Gasteiger partial charge in [-0.3, -0.25) is 4.79 Å². The number of rotatable bonds is 2. The van der Waals surface area contributed by atoms with Crippen LogP contribution in [0.25, 0.3) is 0 Å². The van der Waals surface area contributed by atoms with Crippen molar-refractivity contribution in [1.29, 1.82) is 0 Å². The Kier molecular flexibility index (Phi) is 4.38. The van der Waals surface area contributed by atoms with Crippen molar-refractivity contribution < 1.29 is 9.53 Å². The second kappa shape index (κ2) is 5.69. The molecule has 1 aliphatic heterocycles. The molecule has 4 heteroatoms. The van der Waals surface area contributed by atoms with Crippen molar-refractivity contribution in [1.82, 2.24) is 4.90 Å². The molecule has 0 saturated carbocycles. The van der Waals surface area contributed by atoms with Crippen molar-refractivity contribution in [3.8, 4) is 5.75 Å². The van der Waals surface area contributed by atoms with Gasteiger partial charge in [0.2, 0.25) is 0 Å². The van der Waals surface area contributed by atoms with Gasteiger partial charge in [0.1, 0.15) is 5.75 Å². The molecule has 1 heterocycles. The zero-order chi connectivity index (χ0) is 14.0. The third-order valence-electron chi connectivity index (χ3n) is 3.81. The van der Waals surface area contributed by atoms with Crippen LogP contribution < -0.4 is 4.74 Å². The predicted octanol–water partition coefficient (Wildman–Crippen LogP) is 3.56. The minimum Gasteiger partial charge on any atom is -0.497 e. The van der Waals surface area contributed by atoms with Crippen LogP contribution in [0.1, 0.15) is 37.0 Å². The summed E-state index contributed by atoms with van der Waals surface area (Å²) < 4.78 is 6.12. The lowest BCUT2D eigenvalue weighted by atomic mass is 9.82. The molecule has 1 aromatic carbocycles. The molecule has 2 rings (SSSR count). The SMILES string of the molecule is COc1ccc(C(=O)N2CCC(C)(C)CC2)c(I)c1. The summed E-state index contributed by atoms with van der Waals surface area (Å²) >= 11 is 2.20. The number of amides is 1. The van der Waals surface area contributed by atoms with Gasteiger partial charge in [-0.05, 0) is 59.0 Å². The summed E-state index contributed by atoms with van der Waals surface area (Å²) in [5.41, 5.74) is 1.14. The lowest BCUT2D eigenvalue weighted by Gasteiger charge is -2.37. The average Bonchev–Trinajstić information content (AvgIpc) is 2.37. The Hall–Kier alpha value is -0.780. The molecule has 0 aromatic heterocycles. The molecular weight excluding hydrogens is 353 g/mol. The molecule has 1 aliphatic rings. The molecule has 19 heavy (non-hydrogen) atoms. The van der Waals surface area contributed by atoms with Gasteiger partial charge in [-0.1, -0.05) is 13.8 Å². The van der Waals surface area contributed by atoms with Gasteiger partial charge in [-0.2, -0.15) is 0 Å². The fourth-order valence-corrected chi connectivity index (χ4v) is 3.00. The largest absolute Gasteiger partial charge is 0.497 e. The number of halogens is 1. The number of ether oxygens (including phenoxy) is 1. The quantitative estimate of drug-likeness (QED) is 0.742. The van der Waals surface area contributed by atoms with E-state index in [0.29, 0.717) is 5.41 Å². The number of likely N-dealkylation sites (tertiary alicyclic amines) is 1. The zero-order valence-corrected chi connectivity index (χ0v) is 13.9. The standard InChI is InChI=1S/C15H20INO2/c1-15(2)6-8-17(9-7-15)14(18)12-5-4-11(19-3)10-13(12)16/h4-5,10H,6-9H2,1-3H3. The van der Waals surface area contributed by atoms with Crippen LogP contribution in [-0.2, 0) is 0 Å². The Morgan fingerprint density at radius 3 is 2.47 bits per heavy atom. The van der Waals surface area contributed by atoms with Gasteiger partial charge in [0.15, 0.2) is 0 Å². The first-order valence-corrected chi connectivity index (χ1v) is 7.64. The first kappa shape index (κ1) is 14.6. The summed E-state index contributed by atoms with van der Waals surface area (Å²) in [7, 11) is 1.64. The van der Waals surface area contributed by atoms with Crippen LogP contribution in [0.5, 0.6) is 5.75 Å². The maximum Gasteiger partial charge on any atom is 0.254 e. The van der Waals surface area contributed by atoms with E-state index in [0.717, 1.165) is 40.8 Å². The minimum atomic E-state index is 0.141. The molecule has 1 saturated heterocycles. The van der Waals surface area contributed by atoms with Gasteiger partial charge >= 0.3 is 0 Å². The number of carbonyl (C=O) groups is 1. The van der Waals surface area contributed by atoms with Gasteiger partial charge < -0.3 is 9.64 Å².